The van der Waals surface area contributed by atoms with Crippen LogP contribution in [-0.2, 0) is 13.0 Å². The Balaban J connectivity index is 1.95. The molecule has 0 unspecified atom stereocenters. The van der Waals surface area contributed by atoms with Crippen molar-refractivity contribution in [2.75, 3.05) is 6.54 Å². The predicted molar refractivity (Wildman–Crippen MR) is 79.6 cm³/mol. The fourth-order valence-electron chi connectivity index (χ4n) is 1.89. The fourth-order valence-corrected chi connectivity index (χ4v) is 2.10. The van der Waals surface area contributed by atoms with E-state index in [9.17, 15) is 0 Å². The normalized spacial score (nSPS) is 10.4. The van der Waals surface area contributed by atoms with E-state index in [0.717, 1.165) is 29.2 Å². The monoisotopic (exact) mass is 275 g/mol. The standard InChI is InChI=1S/C16H18ClNO/c17-15-7-1-5-14(10-15)12-19-16-8-2-4-13(11-16)6-3-9-18/h1-2,4-5,7-8,10-11H,3,6,9,12,18H2. The highest BCUT2D eigenvalue weighted by Crippen LogP contribution is 2.17. The van der Waals surface area contributed by atoms with Crippen molar-refractivity contribution in [3.63, 3.8) is 0 Å². The maximum atomic E-state index is 5.94. The zero-order valence-electron chi connectivity index (χ0n) is 10.8. The van der Waals surface area contributed by atoms with Crippen molar-refractivity contribution in [3.05, 3.63) is 64.7 Å². The molecule has 0 amide bonds. The first-order valence-electron chi connectivity index (χ1n) is 6.44. The van der Waals surface area contributed by atoms with E-state index < -0.39 is 0 Å². The van der Waals surface area contributed by atoms with Gasteiger partial charge in [0.15, 0.2) is 0 Å². The van der Waals surface area contributed by atoms with Gasteiger partial charge in [-0.3, -0.25) is 0 Å². The largest absolute Gasteiger partial charge is 0.489 e. The molecule has 0 radical (unpaired) electrons. The Morgan fingerprint density at radius 3 is 2.58 bits per heavy atom. The molecule has 19 heavy (non-hydrogen) atoms. The smallest absolute Gasteiger partial charge is 0.120 e. The SMILES string of the molecule is NCCCc1cccc(OCc2cccc(Cl)c2)c1. The minimum atomic E-state index is 0.529. The molecule has 2 rings (SSSR count). The average molecular weight is 276 g/mol. The van der Waals surface area contributed by atoms with E-state index in [1.54, 1.807) is 0 Å². The van der Waals surface area contributed by atoms with Crippen LogP contribution in [0.4, 0.5) is 0 Å². The molecule has 2 nitrogen and oxygen atoms in total. The number of benzene rings is 2. The minimum Gasteiger partial charge on any atom is -0.489 e. The van der Waals surface area contributed by atoms with Crippen molar-refractivity contribution in [2.45, 2.75) is 19.4 Å². The molecule has 3 heteroatoms. The molecule has 0 aliphatic carbocycles. The summed E-state index contributed by atoms with van der Waals surface area (Å²) in [4.78, 5) is 0. The molecular formula is C16H18ClNO. The van der Waals surface area contributed by atoms with Crippen LogP contribution in [0.5, 0.6) is 5.75 Å². The molecule has 0 atom stereocenters. The third kappa shape index (κ3) is 4.58. The zero-order chi connectivity index (χ0) is 13.5. The first-order valence-corrected chi connectivity index (χ1v) is 6.82. The van der Waals surface area contributed by atoms with Gasteiger partial charge >= 0.3 is 0 Å². The van der Waals surface area contributed by atoms with Crippen LogP contribution in [0.2, 0.25) is 5.02 Å². The lowest BCUT2D eigenvalue weighted by atomic mass is 10.1. The molecule has 2 N–H and O–H groups in total. The first-order chi connectivity index (χ1) is 9.28. The Hall–Kier alpha value is -1.51. The van der Waals surface area contributed by atoms with Gasteiger partial charge in [0, 0.05) is 5.02 Å². The van der Waals surface area contributed by atoms with Gasteiger partial charge in [-0.2, -0.15) is 0 Å². The number of nitrogens with two attached hydrogens (primary N) is 1. The Morgan fingerprint density at radius 1 is 1.00 bits per heavy atom. The van der Waals surface area contributed by atoms with Crippen molar-refractivity contribution in [1.82, 2.24) is 0 Å². The maximum Gasteiger partial charge on any atom is 0.120 e. The summed E-state index contributed by atoms with van der Waals surface area (Å²) in [5.41, 5.74) is 7.85. The lowest BCUT2D eigenvalue weighted by molar-refractivity contribution is 0.306. The third-order valence-corrected chi connectivity index (χ3v) is 3.10. The van der Waals surface area contributed by atoms with Gasteiger partial charge in [0.05, 0.1) is 0 Å². The highest BCUT2D eigenvalue weighted by Gasteiger charge is 1.99. The Morgan fingerprint density at radius 2 is 1.79 bits per heavy atom. The first kappa shape index (κ1) is 13.9. The van der Waals surface area contributed by atoms with Crippen molar-refractivity contribution < 1.29 is 4.74 Å². The van der Waals surface area contributed by atoms with Crippen molar-refractivity contribution >= 4 is 11.6 Å². The van der Waals surface area contributed by atoms with Gasteiger partial charge in [0.2, 0.25) is 0 Å². The lowest BCUT2D eigenvalue weighted by Crippen LogP contribution is -2.00. The number of aryl methyl sites for hydroxylation is 1. The molecule has 0 saturated carbocycles. The van der Waals surface area contributed by atoms with Crippen LogP contribution in [0.1, 0.15) is 17.5 Å². The van der Waals surface area contributed by atoms with Gasteiger partial charge in [-0.05, 0) is 54.8 Å². The molecule has 2 aromatic carbocycles. The van der Waals surface area contributed by atoms with Crippen LogP contribution in [0.15, 0.2) is 48.5 Å². The van der Waals surface area contributed by atoms with Crippen LogP contribution in [0.25, 0.3) is 0 Å². The van der Waals surface area contributed by atoms with Crippen LogP contribution in [0, 0.1) is 0 Å². The quantitative estimate of drug-likeness (QED) is 0.870. The molecule has 100 valence electrons. The summed E-state index contributed by atoms with van der Waals surface area (Å²) in [6, 6.07) is 15.9. The molecule has 0 saturated heterocycles. The number of hydrogen-bond acceptors (Lipinski definition) is 2. The summed E-state index contributed by atoms with van der Waals surface area (Å²) in [7, 11) is 0. The van der Waals surface area contributed by atoms with Gasteiger partial charge in [-0.1, -0.05) is 35.9 Å². The van der Waals surface area contributed by atoms with E-state index in [4.69, 9.17) is 22.1 Å². The lowest BCUT2D eigenvalue weighted by Gasteiger charge is -2.08. The molecule has 0 spiro atoms. The summed E-state index contributed by atoms with van der Waals surface area (Å²) < 4.78 is 5.78. The second-order valence-corrected chi connectivity index (χ2v) is 4.89. The average Bonchev–Trinajstić information content (AvgIpc) is 2.43. The van der Waals surface area contributed by atoms with Crippen LogP contribution in [-0.4, -0.2) is 6.54 Å². The summed E-state index contributed by atoms with van der Waals surface area (Å²) in [5, 5.41) is 0.734. The summed E-state index contributed by atoms with van der Waals surface area (Å²) in [6.07, 6.45) is 1.99. The molecule has 0 aliphatic rings. The molecule has 0 bridgehead atoms. The van der Waals surface area contributed by atoms with E-state index in [2.05, 4.69) is 12.1 Å². The van der Waals surface area contributed by atoms with Crippen molar-refractivity contribution in [2.24, 2.45) is 5.73 Å². The van der Waals surface area contributed by atoms with Gasteiger partial charge < -0.3 is 10.5 Å². The van der Waals surface area contributed by atoms with E-state index >= 15 is 0 Å². The van der Waals surface area contributed by atoms with Crippen molar-refractivity contribution in [1.29, 1.82) is 0 Å². The molecular weight excluding hydrogens is 258 g/mol. The topological polar surface area (TPSA) is 35.2 Å². The van der Waals surface area contributed by atoms with Crippen molar-refractivity contribution in [3.8, 4) is 5.75 Å². The summed E-state index contributed by atoms with van der Waals surface area (Å²) >= 11 is 5.94. The highest BCUT2D eigenvalue weighted by molar-refractivity contribution is 6.30. The molecule has 0 fully saturated rings. The van der Waals surface area contributed by atoms with Crippen LogP contribution < -0.4 is 10.5 Å². The molecule has 0 aromatic heterocycles. The Labute approximate surface area is 119 Å². The fraction of sp³-hybridized carbons (Fsp3) is 0.250. The van der Waals surface area contributed by atoms with E-state index in [1.165, 1.54) is 5.56 Å². The highest BCUT2D eigenvalue weighted by atomic mass is 35.5. The second-order valence-electron chi connectivity index (χ2n) is 4.46. The van der Waals surface area contributed by atoms with Gasteiger partial charge in [-0.25, -0.2) is 0 Å². The van der Waals surface area contributed by atoms with Gasteiger partial charge in [-0.15, -0.1) is 0 Å². The van der Waals surface area contributed by atoms with E-state index in [0.29, 0.717) is 13.2 Å². The van der Waals surface area contributed by atoms with E-state index in [1.807, 2.05) is 36.4 Å². The van der Waals surface area contributed by atoms with E-state index in [-0.39, 0.29) is 0 Å². The molecule has 2 aromatic rings. The number of hydrogen-bond donors (Lipinski definition) is 1. The maximum absolute atomic E-state index is 5.94. The Kier molecular flexibility index (Phi) is 5.25. The zero-order valence-corrected chi connectivity index (χ0v) is 11.6. The predicted octanol–water partition coefficient (Wildman–Crippen LogP) is 3.81. The summed E-state index contributed by atoms with van der Waals surface area (Å²) in [6.45, 7) is 1.24. The Bertz CT molecular complexity index is 528. The molecule has 0 heterocycles. The second kappa shape index (κ2) is 7.17. The number of halogens is 1. The van der Waals surface area contributed by atoms with Crippen LogP contribution in [0.3, 0.4) is 0 Å². The van der Waals surface area contributed by atoms with Crippen LogP contribution >= 0.6 is 11.6 Å². The van der Waals surface area contributed by atoms with Gasteiger partial charge in [0.25, 0.3) is 0 Å². The molecule has 0 aliphatic heterocycles. The number of rotatable bonds is 6. The number of ether oxygens (including phenoxy) is 1. The minimum absolute atomic E-state index is 0.529. The summed E-state index contributed by atoms with van der Waals surface area (Å²) in [5.74, 6) is 0.884. The third-order valence-electron chi connectivity index (χ3n) is 2.86. The van der Waals surface area contributed by atoms with Gasteiger partial charge in [0.1, 0.15) is 12.4 Å².